The summed E-state index contributed by atoms with van der Waals surface area (Å²) in [6.07, 6.45) is 4.79. The van der Waals surface area contributed by atoms with Gasteiger partial charge >= 0.3 is 0 Å². The van der Waals surface area contributed by atoms with Crippen molar-refractivity contribution in [1.82, 2.24) is 19.5 Å². The van der Waals surface area contributed by atoms with Crippen LogP contribution in [0.15, 0.2) is 48.8 Å². The first-order valence-corrected chi connectivity index (χ1v) is 10.2. The fourth-order valence-corrected chi connectivity index (χ4v) is 4.22. The van der Waals surface area contributed by atoms with Crippen LogP contribution in [0.25, 0.3) is 16.7 Å². The molecule has 156 valence electrons. The molecule has 8 nitrogen and oxygen atoms in total. The molecule has 0 saturated carbocycles. The molecule has 1 amide bonds. The molecule has 8 heteroatoms. The van der Waals surface area contributed by atoms with Gasteiger partial charge in [-0.1, -0.05) is 6.07 Å². The minimum absolute atomic E-state index is 0.140. The third-order valence-corrected chi connectivity index (χ3v) is 5.56. The number of benzene rings is 1. The number of aromatic nitrogens is 4. The molecule has 31 heavy (non-hydrogen) atoms. The van der Waals surface area contributed by atoms with Crippen LogP contribution in [0.4, 0.5) is 11.5 Å². The molecule has 0 unspecified atom stereocenters. The zero-order chi connectivity index (χ0) is 21.4. The van der Waals surface area contributed by atoms with E-state index in [9.17, 15) is 4.79 Å². The SMILES string of the molecule is COc1cccc(CC(=O)Nc2ccc(-n3c4c(c5ncnc(N)c53)CCC4)cc2)n1. The van der Waals surface area contributed by atoms with Gasteiger partial charge in [-0.05, 0) is 55.2 Å². The van der Waals surface area contributed by atoms with Crippen molar-refractivity contribution >= 4 is 28.4 Å². The van der Waals surface area contributed by atoms with Crippen molar-refractivity contribution in [3.05, 3.63) is 65.7 Å². The Morgan fingerprint density at radius 1 is 1.16 bits per heavy atom. The number of amides is 1. The quantitative estimate of drug-likeness (QED) is 0.520. The second-order valence-corrected chi connectivity index (χ2v) is 7.51. The van der Waals surface area contributed by atoms with E-state index in [0.717, 1.165) is 36.0 Å². The molecule has 0 aliphatic heterocycles. The van der Waals surface area contributed by atoms with Crippen molar-refractivity contribution in [2.75, 3.05) is 18.2 Å². The molecule has 1 aromatic carbocycles. The fourth-order valence-electron chi connectivity index (χ4n) is 4.22. The molecule has 3 aromatic heterocycles. The lowest BCUT2D eigenvalue weighted by molar-refractivity contribution is -0.115. The van der Waals surface area contributed by atoms with Crippen LogP contribution >= 0.6 is 0 Å². The van der Waals surface area contributed by atoms with Crippen molar-refractivity contribution < 1.29 is 9.53 Å². The first-order valence-electron chi connectivity index (χ1n) is 10.2. The van der Waals surface area contributed by atoms with Crippen LogP contribution in [0.1, 0.15) is 23.4 Å². The fraction of sp³-hybridized carbons (Fsp3) is 0.217. The number of nitrogen functional groups attached to an aromatic ring is 1. The number of anilines is 2. The van der Waals surface area contributed by atoms with Gasteiger partial charge < -0.3 is 20.4 Å². The lowest BCUT2D eigenvalue weighted by Crippen LogP contribution is -2.15. The van der Waals surface area contributed by atoms with Crippen LogP contribution in [0.3, 0.4) is 0 Å². The van der Waals surface area contributed by atoms with E-state index >= 15 is 0 Å². The Hall–Kier alpha value is -3.94. The Morgan fingerprint density at radius 2 is 2.00 bits per heavy atom. The van der Waals surface area contributed by atoms with Gasteiger partial charge in [-0.3, -0.25) is 4.79 Å². The molecule has 4 aromatic rings. The topological polar surface area (TPSA) is 108 Å². The monoisotopic (exact) mass is 414 g/mol. The summed E-state index contributed by atoms with van der Waals surface area (Å²) in [7, 11) is 1.55. The number of nitrogens with one attached hydrogen (secondary N) is 1. The molecule has 0 fully saturated rings. The maximum Gasteiger partial charge on any atom is 0.230 e. The smallest absolute Gasteiger partial charge is 0.230 e. The molecule has 3 heterocycles. The van der Waals surface area contributed by atoms with E-state index in [1.807, 2.05) is 30.3 Å². The van der Waals surface area contributed by atoms with E-state index in [2.05, 4.69) is 24.8 Å². The maximum atomic E-state index is 12.4. The highest BCUT2D eigenvalue weighted by molar-refractivity contribution is 5.93. The Morgan fingerprint density at radius 3 is 2.81 bits per heavy atom. The van der Waals surface area contributed by atoms with Gasteiger partial charge in [-0.25, -0.2) is 15.0 Å². The van der Waals surface area contributed by atoms with E-state index in [0.29, 0.717) is 23.1 Å². The third kappa shape index (κ3) is 3.46. The predicted octanol–water partition coefficient (Wildman–Crippen LogP) is 3.08. The average Bonchev–Trinajstić information content (AvgIpc) is 3.36. The maximum absolute atomic E-state index is 12.4. The Labute approximate surface area is 179 Å². The van der Waals surface area contributed by atoms with Crippen molar-refractivity contribution in [3.63, 3.8) is 0 Å². The zero-order valence-corrected chi connectivity index (χ0v) is 17.1. The van der Waals surface area contributed by atoms with E-state index in [-0.39, 0.29) is 12.3 Å². The number of rotatable bonds is 5. The normalized spacial score (nSPS) is 12.7. The molecular formula is C23H22N6O2. The number of hydrogen-bond acceptors (Lipinski definition) is 6. The molecule has 0 bridgehead atoms. The lowest BCUT2D eigenvalue weighted by atomic mass is 10.2. The molecule has 1 aliphatic carbocycles. The van der Waals surface area contributed by atoms with Crippen LogP contribution in [-0.2, 0) is 24.1 Å². The largest absolute Gasteiger partial charge is 0.481 e. The molecule has 3 N–H and O–H groups in total. The molecule has 1 aliphatic rings. The van der Waals surface area contributed by atoms with Gasteiger partial charge in [0.1, 0.15) is 11.8 Å². The molecule has 0 atom stereocenters. The number of pyridine rings is 1. The van der Waals surface area contributed by atoms with Gasteiger partial charge in [0.25, 0.3) is 0 Å². The van der Waals surface area contributed by atoms with E-state index < -0.39 is 0 Å². The Kier molecular flexibility index (Phi) is 4.74. The number of fused-ring (bicyclic) bond motifs is 3. The van der Waals surface area contributed by atoms with Crippen LogP contribution in [-0.4, -0.2) is 32.5 Å². The van der Waals surface area contributed by atoms with Crippen molar-refractivity contribution in [1.29, 1.82) is 0 Å². The first-order chi connectivity index (χ1) is 15.1. The summed E-state index contributed by atoms with van der Waals surface area (Å²) in [5, 5.41) is 2.92. The van der Waals surface area contributed by atoms with Crippen LogP contribution in [0, 0.1) is 0 Å². The van der Waals surface area contributed by atoms with E-state index in [4.69, 9.17) is 10.5 Å². The number of carbonyl (C=O) groups excluding carboxylic acids is 1. The van der Waals surface area contributed by atoms with E-state index in [1.165, 1.54) is 17.6 Å². The summed E-state index contributed by atoms with van der Waals surface area (Å²) in [5.41, 5.74) is 12.8. The summed E-state index contributed by atoms with van der Waals surface area (Å²) in [6, 6.07) is 13.1. The standard InChI is InChI=1S/C23H22N6O2/c1-31-20-7-2-4-15(28-20)12-19(30)27-14-8-10-16(11-9-14)29-18-6-3-5-17(18)21-22(29)23(24)26-13-25-21/h2,4,7-11,13H,3,5-6,12H2,1H3,(H,27,30)(H2,24,25,26). The number of aryl methyl sites for hydroxylation is 1. The number of nitrogens with two attached hydrogens (primary N) is 1. The lowest BCUT2D eigenvalue weighted by Gasteiger charge is -2.12. The second kappa shape index (κ2) is 7.71. The average molecular weight is 414 g/mol. The molecule has 5 rings (SSSR count). The van der Waals surface area contributed by atoms with Gasteiger partial charge in [0.15, 0.2) is 5.82 Å². The van der Waals surface area contributed by atoms with Crippen molar-refractivity contribution in [2.45, 2.75) is 25.7 Å². The van der Waals surface area contributed by atoms with Gasteiger partial charge in [-0.15, -0.1) is 0 Å². The Balaban J connectivity index is 1.39. The number of nitrogens with zero attached hydrogens (tertiary/aromatic N) is 4. The highest BCUT2D eigenvalue weighted by atomic mass is 16.5. The number of methoxy groups -OCH3 is 1. The summed E-state index contributed by atoms with van der Waals surface area (Å²) in [4.78, 5) is 25.4. The highest BCUT2D eigenvalue weighted by Crippen LogP contribution is 2.36. The number of hydrogen-bond donors (Lipinski definition) is 2. The second-order valence-electron chi connectivity index (χ2n) is 7.51. The number of carbonyl (C=O) groups is 1. The summed E-state index contributed by atoms with van der Waals surface area (Å²) >= 11 is 0. The van der Waals surface area contributed by atoms with Crippen molar-refractivity contribution in [2.24, 2.45) is 0 Å². The predicted molar refractivity (Wildman–Crippen MR) is 118 cm³/mol. The summed E-state index contributed by atoms with van der Waals surface area (Å²) in [6.45, 7) is 0. The highest BCUT2D eigenvalue weighted by Gasteiger charge is 2.25. The minimum Gasteiger partial charge on any atom is -0.481 e. The van der Waals surface area contributed by atoms with Gasteiger partial charge in [0, 0.05) is 23.1 Å². The zero-order valence-electron chi connectivity index (χ0n) is 17.1. The molecule has 0 saturated heterocycles. The molecular weight excluding hydrogens is 392 g/mol. The van der Waals surface area contributed by atoms with Gasteiger partial charge in [0.2, 0.25) is 11.8 Å². The van der Waals surface area contributed by atoms with Gasteiger partial charge in [0.05, 0.1) is 24.7 Å². The van der Waals surface area contributed by atoms with Crippen LogP contribution < -0.4 is 15.8 Å². The van der Waals surface area contributed by atoms with Crippen LogP contribution in [0.2, 0.25) is 0 Å². The first kappa shape index (κ1) is 19.0. The summed E-state index contributed by atoms with van der Waals surface area (Å²) < 4.78 is 7.26. The Bertz CT molecular complexity index is 1280. The molecule has 0 spiro atoms. The van der Waals surface area contributed by atoms with Crippen LogP contribution in [0.5, 0.6) is 5.88 Å². The van der Waals surface area contributed by atoms with E-state index in [1.54, 1.807) is 19.2 Å². The minimum atomic E-state index is -0.140. The van der Waals surface area contributed by atoms with Gasteiger partial charge in [-0.2, -0.15) is 0 Å². The number of ether oxygens (including phenoxy) is 1. The third-order valence-electron chi connectivity index (χ3n) is 5.56. The van der Waals surface area contributed by atoms with Crippen molar-refractivity contribution in [3.8, 4) is 11.6 Å². The molecule has 0 radical (unpaired) electrons. The summed E-state index contributed by atoms with van der Waals surface area (Å²) in [5.74, 6) is 0.824.